The molecular weight excluding hydrogens is 587 g/mol. The van der Waals surface area contributed by atoms with Gasteiger partial charge in [-0.3, -0.25) is 24.1 Å². The van der Waals surface area contributed by atoms with E-state index < -0.39 is 41.9 Å². The molecule has 4 aromatic rings. The zero-order valence-electron chi connectivity index (χ0n) is 25.3. The fourth-order valence-corrected chi connectivity index (χ4v) is 5.86. The quantitative estimate of drug-likeness (QED) is 0.267. The number of Topliss-reactive ketones (excluding diaryl/α,β-unsaturated/α-hetero) is 1. The van der Waals surface area contributed by atoms with Crippen molar-refractivity contribution in [2.45, 2.75) is 19.5 Å². The molecule has 0 saturated carbocycles. The number of amides is 3. The van der Waals surface area contributed by atoms with Crippen molar-refractivity contribution in [2.75, 3.05) is 48.0 Å². The van der Waals surface area contributed by atoms with E-state index in [9.17, 15) is 23.6 Å². The molecule has 1 fully saturated rings. The number of nitrogens with one attached hydrogen (secondary N) is 1. The molecule has 1 N–H and O–H groups in total. The van der Waals surface area contributed by atoms with Crippen LogP contribution in [0.15, 0.2) is 97.1 Å². The predicted octanol–water partition coefficient (Wildman–Crippen LogP) is 4.91. The maximum atomic E-state index is 14.6. The van der Waals surface area contributed by atoms with Gasteiger partial charge in [0.25, 0.3) is 17.6 Å². The molecule has 1 atom stereocenters. The second-order valence-electron chi connectivity index (χ2n) is 11.3. The summed E-state index contributed by atoms with van der Waals surface area (Å²) in [4.78, 5) is 58.8. The summed E-state index contributed by atoms with van der Waals surface area (Å²) in [7, 11) is 0. The number of ether oxygens (including phenoxy) is 1. The van der Waals surface area contributed by atoms with Crippen LogP contribution in [0.5, 0.6) is 0 Å². The Bertz CT molecular complexity index is 1790. The van der Waals surface area contributed by atoms with Crippen LogP contribution in [0, 0.1) is 12.7 Å². The van der Waals surface area contributed by atoms with Crippen molar-refractivity contribution in [3.63, 3.8) is 0 Å². The van der Waals surface area contributed by atoms with Crippen LogP contribution in [0.2, 0.25) is 0 Å². The summed E-state index contributed by atoms with van der Waals surface area (Å²) in [5.74, 6) is -3.24. The number of anilines is 3. The Morgan fingerprint density at radius 2 is 1.63 bits per heavy atom. The fourth-order valence-electron chi connectivity index (χ4n) is 5.86. The third-order valence-corrected chi connectivity index (χ3v) is 8.33. The van der Waals surface area contributed by atoms with E-state index in [1.54, 1.807) is 42.5 Å². The summed E-state index contributed by atoms with van der Waals surface area (Å²) in [6, 6.07) is 25.6. The van der Waals surface area contributed by atoms with Gasteiger partial charge in [-0.05, 0) is 72.1 Å². The zero-order valence-corrected chi connectivity index (χ0v) is 25.3. The van der Waals surface area contributed by atoms with E-state index >= 15 is 0 Å². The highest BCUT2D eigenvalue weighted by Crippen LogP contribution is 2.31. The molecule has 9 nitrogen and oxygen atoms in total. The second kappa shape index (κ2) is 13.3. The first kappa shape index (κ1) is 30.7. The minimum atomic E-state index is -1.27. The monoisotopic (exact) mass is 620 g/mol. The standard InChI is InChI=1S/C36H33FN4O5/c1-24-7-2-3-8-26(24)22-41(32(42)23-40-31-12-5-4-11-30(31)34(43)36(40)45)33(25-9-6-10-27(37)21-25)35(44)38-28-13-15-29(16-14-28)39-17-19-46-20-18-39/h2-16,21,33H,17-20,22-23H2,1H3,(H,38,44)/t33-/m1/s1. The van der Waals surface area contributed by atoms with Crippen molar-refractivity contribution in [2.24, 2.45) is 0 Å². The maximum absolute atomic E-state index is 14.6. The third-order valence-electron chi connectivity index (χ3n) is 8.33. The summed E-state index contributed by atoms with van der Waals surface area (Å²) in [6.45, 7) is 4.21. The van der Waals surface area contributed by atoms with Gasteiger partial charge < -0.3 is 19.9 Å². The second-order valence-corrected chi connectivity index (χ2v) is 11.3. The van der Waals surface area contributed by atoms with Crippen LogP contribution in [0.3, 0.4) is 0 Å². The SMILES string of the molecule is Cc1ccccc1CN(C(=O)CN1C(=O)C(=O)c2ccccc21)[C@@H](C(=O)Nc1ccc(N2CCOCC2)cc1)c1cccc(F)c1. The van der Waals surface area contributed by atoms with Crippen LogP contribution in [-0.4, -0.2) is 61.3 Å². The summed E-state index contributed by atoms with van der Waals surface area (Å²) in [6.07, 6.45) is 0. The smallest absolute Gasteiger partial charge is 0.299 e. The average Bonchev–Trinajstić information content (AvgIpc) is 3.31. The number of morpholine rings is 1. The molecule has 2 heterocycles. The van der Waals surface area contributed by atoms with E-state index in [1.807, 2.05) is 43.3 Å². The van der Waals surface area contributed by atoms with Gasteiger partial charge in [-0.2, -0.15) is 0 Å². The molecule has 3 amide bonds. The van der Waals surface area contributed by atoms with Gasteiger partial charge in [0.1, 0.15) is 18.4 Å². The number of rotatable bonds is 9. The molecule has 0 aliphatic carbocycles. The van der Waals surface area contributed by atoms with E-state index in [4.69, 9.17) is 4.74 Å². The van der Waals surface area contributed by atoms with Crippen molar-refractivity contribution in [1.29, 1.82) is 0 Å². The van der Waals surface area contributed by atoms with Gasteiger partial charge in [-0.1, -0.05) is 48.5 Å². The highest BCUT2D eigenvalue weighted by molar-refractivity contribution is 6.52. The average molecular weight is 621 g/mol. The molecule has 2 aliphatic heterocycles. The molecule has 2 aliphatic rings. The molecule has 0 bridgehead atoms. The van der Waals surface area contributed by atoms with Gasteiger partial charge >= 0.3 is 0 Å². The first-order chi connectivity index (χ1) is 22.3. The summed E-state index contributed by atoms with van der Waals surface area (Å²) >= 11 is 0. The van der Waals surface area contributed by atoms with E-state index in [-0.39, 0.29) is 17.7 Å². The van der Waals surface area contributed by atoms with Crippen molar-refractivity contribution in [3.8, 4) is 0 Å². The number of para-hydroxylation sites is 1. The first-order valence-corrected chi connectivity index (χ1v) is 15.1. The number of ketones is 1. The normalized spacial score (nSPS) is 15.0. The Labute approximate surface area is 266 Å². The highest BCUT2D eigenvalue weighted by Gasteiger charge is 2.39. The van der Waals surface area contributed by atoms with Crippen molar-refractivity contribution in [3.05, 3.63) is 125 Å². The lowest BCUT2D eigenvalue weighted by Gasteiger charge is -2.33. The molecule has 6 rings (SSSR count). The summed E-state index contributed by atoms with van der Waals surface area (Å²) in [5.41, 5.74) is 3.94. The van der Waals surface area contributed by atoms with Crippen LogP contribution >= 0.6 is 0 Å². The Balaban J connectivity index is 1.35. The van der Waals surface area contributed by atoms with Gasteiger partial charge in [0.05, 0.1) is 24.5 Å². The number of halogens is 1. The van der Waals surface area contributed by atoms with Crippen LogP contribution in [0.1, 0.15) is 33.1 Å². The van der Waals surface area contributed by atoms with Crippen LogP contribution in [-0.2, 0) is 25.7 Å². The molecule has 0 unspecified atom stereocenters. The lowest BCUT2D eigenvalue weighted by atomic mass is 10.0. The number of hydrogen-bond donors (Lipinski definition) is 1. The number of fused-ring (bicyclic) bond motifs is 1. The number of nitrogens with zero attached hydrogens (tertiary/aromatic N) is 3. The Morgan fingerprint density at radius 3 is 2.37 bits per heavy atom. The van der Waals surface area contributed by atoms with E-state index in [0.29, 0.717) is 24.6 Å². The molecule has 0 aromatic heterocycles. The third kappa shape index (κ3) is 6.38. The van der Waals surface area contributed by atoms with Crippen LogP contribution in [0.4, 0.5) is 21.5 Å². The maximum Gasteiger partial charge on any atom is 0.299 e. The zero-order chi connectivity index (χ0) is 32.2. The number of carbonyl (C=O) groups is 4. The van der Waals surface area contributed by atoms with Gasteiger partial charge in [0.15, 0.2) is 0 Å². The number of benzene rings is 4. The predicted molar refractivity (Wildman–Crippen MR) is 172 cm³/mol. The first-order valence-electron chi connectivity index (χ1n) is 15.1. The van der Waals surface area contributed by atoms with Crippen molar-refractivity contribution in [1.82, 2.24) is 4.90 Å². The highest BCUT2D eigenvalue weighted by atomic mass is 19.1. The molecular formula is C36H33FN4O5. The minimum Gasteiger partial charge on any atom is -0.378 e. The Morgan fingerprint density at radius 1 is 0.913 bits per heavy atom. The largest absolute Gasteiger partial charge is 0.378 e. The molecule has 1 saturated heterocycles. The van der Waals surface area contributed by atoms with Gasteiger partial charge in [0.2, 0.25) is 5.91 Å². The van der Waals surface area contributed by atoms with Gasteiger partial charge in [0, 0.05) is 31.0 Å². The molecule has 10 heteroatoms. The van der Waals surface area contributed by atoms with E-state index in [2.05, 4.69) is 10.2 Å². The molecule has 46 heavy (non-hydrogen) atoms. The van der Waals surface area contributed by atoms with Crippen LogP contribution in [0.25, 0.3) is 0 Å². The van der Waals surface area contributed by atoms with E-state index in [0.717, 1.165) is 34.8 Å². The fraction of sp³-hybridized carbons (Fsp3) is 0.222. The molecule has 0 spiro atoms. The Hall–Kier alpha value is -5.35. The van der Waals surface area contributed by atoms with Crippen molar-refractivity contribution >= 4 is 40.6 Å². The number of hydrogen-bond acceptors (Lipinski definition) is 6. The minimum absolute atomic E-state index is 0.00625. The van der Waals surface area contributed by atoms with Crippen molar-refractivity contribution < 1.29 is 28.3 Å². The van der Waals surface area contributed by atoms with Crippen LogP contribution < -0.4 is 15.1 Å². The molecule has 0 radical (unpaired) electrons. The van der Waals surface area contributed by atoms with Gasteiger partial charge in [-0.25, -0.2) is 4.39 Å². The molecule has 234 valence electrons. The number of carbonyl (C=O) groups excluding carboxylic acids is 4. The lowest BCUT2D eigenvalue weighted by Crippen LogP contribution is -2.46. The van der Waals surface area contributed by atoms with E-state index in [1.165, 1.54) is 23.1 Å². The summed E-state index contributed by atoms with van der Waals surface area (Å²) < 4.78 is 20.1. The summed E-state index contributed by atoms with van der Waals surface area (Å²) in [5, 5.41) is 2.92. The molecule has 4 aromatic carbocycles. The Kier molecular flexibility index (Phi) is 8.89. The van der Waals surface area contributed by atoms with Gasteiger partial charge in [-0.15, -0.1) is 0 Å². The number of aryl methyl sites for hydroxylation is 1. The topological polar surface area (TPSA) is 99.3 Å². The lowest BCUT2D eigenvalue weighted by molar-refractivity contribution is -0.139.